The zero-order valence-electron chi connectivity index (χ0n) is 21.2. The molecule has 38 heavy (non-hydrogen) atoms. The summed E-state index contributed by atoms with van der Waals surface area (Å²) >= 11 is 1.56. The number of amides is 2. The fraction of sp³-hybridized carbons (Fsp3) is 0.161. The molecule has 194 valence electrons. The molecule has 0 aliphatic rings. The molecule has 0 atom stereocenters. The number of rotatable bonds is 11. The highest BCUT2D eigenvalue weighted by atomic mass is 32.2. The summed E-state index contributed by atoms with van der Waals surface area (Å²) in [5.41, 5.74) is 2.15. The average molecular weight is 527 g/mol. The average Bonchev–Trinajstić information content (AvgIpc) is 2.92. The predicted molar refractivity (Wildman–Crippen MR) is 153 cm³/mol. The van der Waals surface area contributed by atoms with Crippen LogP contribution in [0.4, 0.5) is 16.2 Å². The molecule has 4 rings (SSSR count). The first-order valence-corrected chi connectivity index (χ1v) is 13.3. The topological polar surface area (TPSA) is 78.9 Å². The van der Waals surface area contributed by atoms with Crippen molar-refractivity contribution in [2.24, 2.45) is 0 Å². The van der Waals surface area contributed by atoms with Crippen LogP contribution in [0.25, 0.3) is 0 Å². The van der Waals surface area contributed by atoms with E-state index in [1.54, 1.807) is 16.7 Å². The SMILES string of the molecule is CCCCN(C(=O)Nc1ccccc1Oc1ccccc1)c1cccc(Sc2ccc(CC(=O)O)cc2)c1. The number of unbranched alkanes of at least 4 members (excludes halogenated alkanes) is 1. The van der Waals surface area contributed by atoms with Gasteiger partial charge in [-0.2, -0.15) is 0 Å². The van der Waals surface area contributed by atoms with Gasteiger partial charge in [0, 0.05) is 22.0 Å². The van der Waals surface area contributed by atoms with Gasteiger partial charge in [0.2, 0.25) is 0 Å². The van der Waals surface area contributed by atoms with Crippen LogP contribution < -0.4 is 15.0 Å². The highest BCUT2D eigenvalue weighted by Gasteiger charge is 2.18. The number of carbonyl (C=O) groups is 2. The van der Waals surface area contributed by atoms with Crippen molar-refractivity contribution in [1.82, 2.24) is 0 Å². The number of urea groups is 1. The summed E-state index contributed by atoms with van der Waals surface area (Å²) in [6, 6.07) is 32.0. The van der Waals surface area contributed by atoms with Gasteiger partial charge in [0.25, 0.3) is 0 Å². The number of hydrogen-bond donors (Lipinski definition) is 2. The van der Waals surface area contributed by atoms with Crippen LogP contribution in [0.3, 0.4) is 0 Å². The summed E-state index contributed by atoms with van der Waals surface area (Å²) in [5.74, 6) is 0.411. The molecule has 2 amide bonds. The zero-order valence-corrected chi connectivity index (χ0v) is 22.0. The molecule has 4 aromatic carbocycles. The van der Waals surface area contributed by atoms with Gasteiger partial charge in [0.15, 0.2) is 5.75 Å². The number of hydrogen-bond acceptors (Lipinski definition) is 4. The van der Waals surface area contributed by atoms with Crippen molar-refractivity contribution in [2.75, 3.05) is 16.8 Å². The number of nitrogens with one attached hydrogen (secondary N) is 1. The Bertz CT molecular complexity index is 1360. The van der Waals surface area contributed by atoms with Crippen molar-refractivity contribution in [3.63, 3.8) is 0 Å². The molecule has 6 nitrogen and oxygen atoms in total. The molecule has 0 fully saturated rings. The minimum atomic E-state index is -0.849. The van der Waals surface area contributed by atoms with Gasteiger partial charge >= 0.3 is 12.0 Å². The molecule has 0 bridgehead atoms. The van der Waals surface area contributed by atoms with Crippen LogP contribution in [-0.4, -0.2) is 23.7 Å². The lowest BCUT2D eigenvalue weighted by molar-refractivity contribution is -0.136. The number of benzene rings is 4. The number of nitrogens with zero attached hydrogens (tertiary/aromatic N) is 1. The minimum absolute atomic E-state index is 0.00144. The van der Waals surface area contributed by atoms with Crippen molar-refractivity contribution in [3.05, 3.63) is 109 Å². The van der Waals surface area contributed by atoms with E-state index < -0.39 is 5.97 Å². The molecule has 0 unspecified atom stereocenters. The van der Waals surface area contributed by atoms with E-state index in [1.165, 1.54) is 0 Å². The maximum absolute atomic E-state index is 13.5. The number of anilines is 2. The first-order valence-electron chi connectivity index (χ1n) is 12.5. The molecule has 0 aliphatic heterocycles. The van der Waals surface area contributed by atoms with Crippen molar-refractivity contribution < 1.29 is 19.4 Å². The van der Waals surface area contributed by atoms with Crippen molar-refractivity contribution in [3.8, 4) is 11.5 Å². The summed E-state index contributed by atoms with van der Waals surface area (Å²) in [7, 11) is 0. The minimum Gasteiger partial charge on any atom is -0.481 e. The fourth-order valence-electron chi connectivity index (χ4n) is 3.82. The van der Waals surface area contributed by atoms with Crippen LogP contribution in [0, 0.1) is 0 Å². The highest BCUT2D eigenvalue weighted by molar-refractivity contribution is 7.99. The number of aliphatic carboxylic acids is 1. The van der Waals surface area contributed by atoms with Gasteiger partial charge in [0.05, 0.1) is 12.1 Å². The Hall–Kier alpha value is -4.23. The van der Waals surface area contributed by atoms with Crippen LogP contribution in [0.5, 0.6) is 11.5 Å². The molecule has 0 saturated carbocycles. The van der Waals surface area contributed by atoms with Gasteiger partial charge in [-0.3, -0.25) is 9.69 Å². The lowest BCUT2D eigenvalue weighted by Crippen LogP contribution is -2.35. The van der Waals surface area contributed by atoms with Crippen LogP contribution >= 0.6 is 11.8 Å². The van der Waals surface area contributed by atoms with Gasteiger partial charge < -0.3 is 15.2 Å². The lowest BCUT2D eigenvalue weighted by atomic mass is 10.2. The van der Waals surface area contributed by atoms with Crippen molar-refractivity contribution in [1.29, 1.82) is 0 Å². The van der Waals surface area contributed by atoms with E-state index in [9.17, 15) is 9.59 Å². The van der Waals surface area contributed by atoms with Crippen LogP contribution in [-0.2, 0) is 11.2 Å². The van der Waals surface area contributed by atoms with E-state index in [4.69, 9.17) is 9.84 Å². The second kappa shape index (κ2) is 13.4. The van der Waals surface area contributed by atoms with Crippen molar-refractivity contribution >= 4 is 35.1 Å². The summed E-state index contributed by atoms with van der Waals surface area (Å²) in [4.78, 5) is 28.2. The van der Waals surface area contributed by atoms with E-state index in [-0.39, 0.29) is 12.5 Å². The molecule has 0 spiro atoms. The molecule has 0 aliphatic carbocycles. The second-order valence-corrected chi connectivity index (χ2v) is 9.81. The first-order chi connectivity index (χ1) is 18.5. The van der Waals surface area contributed by atoms with E-state index in [0.29, 0.717) is 23.7 Å². The quantitative estimate of drug-likeness (QED) is 0.206. The van der Waals surface area contributed by atoms with Gasteiger partial charge in [-0.25, -0.2) is 4.79 Å². The Morgan fingerprint density at radius 3 is 2.34 bits per heavy atom. The van der Waals surface area contributed by atoms with E-state index >= 15 is 0 Å². The monoisotopic (exact) mass is 526 g/mol. The van der Waals surface area contributed by atoms with Gasteiger partial charge in [-0.1, -0.05) is 73.6 Å². The maximum atomic E-state index is 13.5. The fourth-order valence-corrected chi connectivity index (χ4v) is 4.69. The van der Waals surface area contributed by atoms with E-state index in [1.807, 2.05) is 103 Å². The second-order valence-electron chi connectivity index (χ2n) is 8.66. The van der Waals surface area contributed by atoms with E-state index in [2.05, 4.69) is 12.2 Å². The van der Waals surface area contributed by atoms with Crippen LogP contribution in [0.1, 0.15) is 25.3 Å². The number of carboxylic acid groups (broad SMARTS) is 1. The Balaban J connectivity index is 1.51. The highest BCUT2D eigenvalue weighted by Crippen LogP contribution is 2.32. The molecular weight excluding hydrogens is 496 g/mol. The normalized spacial score (nSPS) is 10.6. The molecule has 4 aromatic rings. The number of carbonyl (C=O) groups excluding carboxylic acids is 1. The van der Waals surface area contributed by atoms with E-state index in [0.717, 1.165) is 33.9 Å². The smallest absolute Gasteiger partial charge is 0.326 e. The zero-order chi connectivity index (χ0) is 26.7. The summed E-state index contributed by atoms with van der Waals surface area (Å²) in [5, 5.41) is 12.0. The third kappa shape index (κ3) is 7.63. The van der Waals surface area contributed by atoms with Gasteiger partial charge in [-0.15, -0.1) is 0 Å². The Kier molecular flexibility index (Phi) is 9.43. The largest absolute Gasteiger partial charge is 0.481 e. The molecule has 0 radical (unpaired) electrons. The Labute approximate surface area is 227 Å². The first kappa shape index (κ1) is 26.8. The maximum Gasteiger partial charge on any atom is 0.326 e. The number of ether oxygens (including phenoxy) is 1. The third-order valence-corrected chi connectivity index (χ3v) is 6.72. The Morgan fingerprint density at radius 1 is 0.868 bits per heavy atom. The molecule has 2 N–H and O–H groups in total. The predicted octanol–water partition coefficient (Wildman–Crippen LogP) is 8.10. The lowest BCUT2D eigenvalue weighted by Gasteiger charge is -2.24. The van der Waals surface area contributed by atoms with Crippen LogP contribution in [0.2, 0.25) is 0 Å². The van der Waals surface area contributed by atoms with Gasteiger partial charge in [0.1, 0.15) is 5.75 Å². The number of para-hydroxylation sites is 3. The standard InChI is InChI=1S/C31H30N2O4S/c1-2-3-20-33(31(36)32-28-14-7-8-15-29(28)37-25-11-5-4-6-12-25)24-10-9-13-27(22-24)38-26-18-16-23(17-19-26)21-30(34)35/h4-19,22H,2-3,20-21H2,1H3,(H,32,36)(H,34,35). The molecule has 0 saturated heterocycles. The summed E-state index contributed by atoms with van der Waals surface area (Å²) < 4.78 is 6.02. The van der Waals surface area contributed by atoms with Crippen LogP contribution in [0.15, 0.2) is 113 Å². The van der Waals surface area contributed by atoms with Crippen molar-refractivity contribution in [2.45, 2.75) is 36.0 Å². The third-order valence-electron chi connectivity index (χ3n) is 5.72. The summed E-state index contributed by atoms with van der Waals surface area (Å²) in [6.45, 7) is 2.67. The molecule has 0 aromatic heterocycles. The van der Waals surface area contributed by atoms with Gasteiger partial charge in [-0.05, 0) is 66.6 Å². The summed E-state index contributed by atoms with van der Waals surface area (Å²) in [6.07, 6.45) is 1.81. The molecule has 0 heterocycles. The Morgan fingerprint density at radius 2 is 1.61 bits per heavy atom. The molecular formula is C31H30N2O4S. The molecule has 7 heteroatoms. The number of carboxylic acids is 1.